The molecule has 2 atom stereocenters. The second-order valence-electron chi connectivity index (χ2n) is 9.83. The van der Waals surface area contributed by atoms with Gasteiger partial charge in [-0.2, -0.15) is 23.5 Å². The molecule has 0 bridgehead atoms. The summed E-state index contributed by atoms with van der Waals surface area (Å²) in [5, 5.41) is 19.7. The Morgan fingerprint density at radius 3 is 1.30 bits per heavy atom. The predicted octanol–water partition coefficient (Wildman–Crippen LogP) is 3.33. The van der Waals surface area contributed by atoms with Gasteiger partial charge in [0.15, 0.2) is 0 Å². The fourth-order valence-corrected chi connectivity index (χ4v) is 3.64. The lowest BCUT2D eigenvalue weighted by atomic mass is 9.99. The fourth-order valence-electron chi connectivity index (χ4n) is 2.09. The van der Waals surface area contributed by atoms with Crippen molar-refractivity contribution >= 4 is 23.5 Å². The van der Waals surface area contributed by atoms with E-state index in [-0.39, 0.29) is 10.8 Å². The molecule has 182 valence electrons. The van der Waals surface area contributed by atoms with E-state index in [0.29, 0.717) is 64.4 Å². The minimum Gasteiger partial charge on any atom is -0.390 e. The van der Waals surface area contributed by atoms with Gasteiger partial charge in [-0.25, -0.2) is 0 Å². The van der Waals surface area contributed by atoms with E-state index in [1.807, 2.05) is 0 Å². The van der Waals surface area contributed by atoms with Crippen molar-refractivity contribution in [2.45, 2.75) is 53.8 Å². The van der Waals surface area contributed by atoms with Crippen molar-refractivity contribution in [1.29, 1.82) is 0 Å². The van der Waals surface area contributed by atoms with Crippen molar-refractivity contribution < 1.29 is 29.2 Å². The summed E-state index contributed by atoms with van der Waals surface area (Å²) in [7, 11) is 0. The van der Waals surface area contributed by atoms with Gasteiger partial charge in [0.05, 0.1) is 65.1 Å². The third-order valence-electron chi connectivity index (χ3n) is 3.43. The van der Waals surface area contributed by atoms with Crippen LogP contribution in [-0.2, 0) is 18.9 Å². The van der Waals surface area contributed by atoms with Crippen molar-refractivity contribution in [3.05, 3.63) is 0 Å². The lowest BCUT2D eigenvalue weighted by Gasteiger charge is -2.19. The number of thioether (sulfide) groups is 2. The van der Waals surface area contributed by atoms with Crippen molar-refractivity contribution in [2.24, 2.45) is 10.8 Å². The van der Waals surface area contributed by atoms with Crippen LogP contribution in [0.1, 0.15) is 41.5 Å². The maximum absolute atomic E-state index is 9.87. The van der Waals surface area contributed by atoms with E-state index in [1.54, 1.807) is 23.5 Å². The Balaban J connectivity index is 3.29. The molecule has 0 amide bonds. The summed E-state index contributed by atoms with van der Waals surface area (Å²) in [4.78, 5) is 0. The van der Waals surface area contributed by atoms with E-state index in [2.05, 4.69) is 41.5 Å². The van der Waals surface area contributed by atoms with Crippen molar-refractivity contribution in [2.75, 3.05) is 75.9 Å². The van der Waals surface area contributed by atoms with Crippen LogP contribution in [0.5, 0.6) is 0 Å². The number of hydrogen-bond acceptors (Lipinski definition) is 8. The molecule has 2 unspecified atom stereocenters. The molecule has 30 heavy (non-hydrogen) atoms. The monoisotopic (exact) mass is 470 g/mol. The fraction of sp³-hybridized carbons (Fsp3) is 1.00. The molecule has 2 N–H and O–H groups in total. The van der Waals surface area contributed by atoms with E-state index in [0.717, 1.165) is 11.5 Å². The van der Waals surface area contributed by atoms with Gasteiger partial charge in [0.25, 0.3) is 0 Å². The van der Waals surface area contributed by atoms with Crippen LogP contribution in [0.2, 0.25) is 0 Å². The first-order valence-corrected chi connectivity index (χ1v) is 13.1. The summed E-state index contributed by atoms with van der Waals surface area (Å²) in [6.45, 7) is 17.2. The van der Waals surface area contributed by atoms with Crippen LogP contribution in [-0.4, -0.2) is 98.3 Å². The number of hydrogen-bond donors (Lipinski definition) is 2. The summed E-state index contributed by atoms with van der Waals surface area (Å²) in [5.41, 5.74) is 0.257. The maximum Gasteiger partial charge on any atom is 0.0863 e. The van der Waals surface area contributed by atoms with Gasteiger partial charge in [-0.15, -0.1) is 0 Å². The molecule has 0 heterocycles. The summed E-state index contributed by atoms with van der Waals surface area (Å²) in [6, 6.07) is 0. The molecular formula is C22H46O6S2. The van der Waals surface area contributed by atoms with Crippen LogP contribution in [0.25, 0.3) is 0 Å². The first kappa shape index (κ1) is 30.5. The second-order valence-corrected chi connectivity index (χ2v) is 12.1. The number of aliphatic hydroxyl groups excluding tert-OH is 2. The highest BCUT2D eigenvalue weighted by Gasteiger charge is 2.13. The second kappa shape index (κ2) is 18.0. The van der Waals surface area contributed by atoms with Gasteiger partial charge in [-0.05, 0) is 10.8 Å². The molecule has 8 heteroatoms. The predicted molar refractivity (Wildman–Crippen MR) is 129 cm³/mol. The van der Waals surface area contributed by atoms with Crippen molar-refractivity contribution in [3.8, 4) is 0 Å². The van der Waals surface area contributed by atoms with Crippen LogP contribution in [0.4, 0.5) is 0 Å². The summed E-state index contributed by atoms with van der Waals surface area (Å²) in [5.74, 6) is 3.02. The van der Waals surface area contributed by atoms with Gasteiger partial charge in [0, 0.05) is 23.0 Å². The highest BCUT2D eigenvalue weighted by molar-refractivity contribution is 7.99. The Morgan fingerprint density at radius 1 is 0.600 bits per heavy atom. The average molecular weight is 471 g/mol. The van der Waals surface area contributed by atoms with Gasteiger partial charge in [0.1, 0.15) is 0 Å². The van der Waals surface area contributed by atoms with E-state index in [1.165, 1.54) is 0 Å². The molecule has 6 nitrogen and oxygen atoms in total. The molecule has 0 aromatic rings. The number of ether oxygens (including phenoxy) is 4. The Hall–Kier alpha value is 0.460. The minimum atomic E-state index is -0.429. The lowest BCUT2D eigenvalue weighted by molar-refractivity contribution is 0.0153. The van der Waals surface area contributed by atoms with Crippen LogP contribution < -0.4 is 0 Å². The molecular weight excluding hydrogens is 424 g/mol. The lowest BCUT2D eigenvalue weighted by Crippen LogP contribution is -2.23. The SMILES string of the molecule is CC(C)(C)COCC(O)CSCCOCCOCCSCC(O)COCC(C)(C)C. The topological polar surface area (TPSA) is 77.4 Å². The average Bonchev–Trinajstić information content (AvgIpc) is 2.60. The standard InChI is InChI=1S/C22H46O6S2/c1-21(2,3)17-27-13-19(23)15-29-11-9-25-7-8-26-10-12-30-16-20(24)14-28-18-22(4,5)6/h19-20,23-24H,7-18H2,1-6H3. The van der Waals surface area contributed by atoms with Crippen LogP contribution >= 0.6 is 23.5 Å². The molecule has 0 rings (SSSR count). The zero-order chi connectivity index (χ0) is 22.9. The normalized spacial score (nSPS) is 14.8. The molecule has 0 spiro atoms. The third-order valence-corrected chi connectivity index (χ3v) is 5.58. The first-order chi connectivity index (χ1) is 14.0. The van der Waals surface area contributed by atoms with Gasteiger partial charge >= 0.3 is 0 Å². The van der Waals surface area contributed by atoms with E-state index >= 15 is 0 Å². The molecule has 0 aliphatic heterocycles. The smallest absolute Gasteiger partial charge is 0.0863 e. The molecule has 0 aliphatic carbocycles. The number of aliphatic hydroxyl groups is 2. The highest BCUT2D eigenvalue weighted by Crippen LogP contribution is 2.14. The molecule has 0 radical (unpaired) electrons. The molecule has 0 aromatic heterocycles. The van der Waals surface area contributed by atoms with Crippen LogP contribution in [0.15, 0.2) is 0 Å². The van der Waals surface area contributed by atoms with Crippen LogP contribution in [0.3, 0.4) is 0 Å². The number of rotatable bonds is 19. The maximum atomic E-state index is 9.87. The largest absolute Gasteiger partial charge is 0.390 e. The van der Waals surface area contributed by atoms with Crippen molar-refractivity contribution in [1.82, 2.24) is 0 Å². The van der Waals surface area contributed by atoms with Gasteiger partial charge in [-0.1, -0.05) is 41.5 Å². The molecule has 0 fully saturated rings. The first-order valence-electron chi connectivity index (χ1n) is 10.8. The summed E-state index contributed by atoms with van der Waals surface area (Å²) in [6.07, 6.45) is -0.858. The summed E-state index contributed by atoms with van der Waals surface area (Å²) < 4.78 is 22.1. The van der Waals surface area contributed by atoms with Gasteiger partial charge in [-0.3, -0.25) is 0 Å². The third kappa shape index (κ3) is 24.7. The minimum absolute atomic E-state index is 0.129. The quantitative estimate of drug-likeness (QED) is 0.278. The zero-order valence-corrected chi connectivity index (χ0v) is 21.6. The Bertz CT molecular complexity index is 349. The van der Waals surface area contributed by atoms with E-state index in [4.69, 9.17) is 18.9 Å². The van der Waals surface area contributed by atoms with Crippen molar-refractivity contribution in [3.63, 3.8) is 0 Å². The molecule has 0 aromatic carbocycles. The Labute approximate surface area is 193 Å². The zero-order valence-electron chi connectivity index (χ0n) is 20.0. The molecule has 0 saturated carbocycles. The van der Waals surface area contributed by atoms with Gasteiger partial charge in [0.2, 0.25) is 0 Å². The Morgan fingerprint density at radius 2 is 0.967 bits per heavy atom. The van der Waals surface area contributed by atoms with E-state index < -0.39 is 12.2 Å². The van der Waals surface area contributed by atoms with Gasteiger partial charge < -0.3 is 29.2 Å². The van der Waals surface area contributed by atoms with E-state index in [9.17, 15) is 10.2 Å². The van der Waals surface area contributed by atoms with Crippen LogP contribution in [0, 0.1) is 10.8 Å². The molecule has 0 aliphatic rings. The highest BCUT2D eigenvalue weighted by atomic mass is 32.2. The molecule has 0 saturated heterocycles. The summed E-state index contributed by atoms with van der Waals surface area (Å²) >= 11 is 3.34. The Kier molecular flexibility index (Phi) is 18.2.